The second kappa shape index (κ2) is 9.88. The number of rotatable bonds is 6. The van der Waals surface area contributed by atoms with Crippen molar-refractivity contribution >= 4 is 6.03 Å². The van der Waals surface area contributed by atoms with Gasteiger partial charge in [-0.3, -0.25) is 0 Å². The van der Waals surface area contributed by atoms with E-state index in [1.165, 1.54) is 12.3 Å². The van der Waals surface area contributed by atoms with E-state index in [1.54, 1.807) is 42.6 Å². The Morgan fingerprint density at radius 1 is 0.943 bits per heavy atom. The Balaban J connectivity index is 2.25. The zero-order valence-electron chi connectivity index (χ0n) is 18.1. The number of amides is 2. The Kier molecular flexibility index (Phi) is 7.32. The molecule has 0 aliphatic rings. The molecule has 0 fully saturated rings. The molecule has 0 bridgehead atoms. The molecule has 0 radical (unpaired) electrons. The van der Waals surface area contributed by atoms with Crippen LogP contribution in [-0.4, -0.2) is 28.7 Å². The summed E-state index contributed by atoms with van der Waals surface area (Å²) in [6.07, 6.45) is -8.71. The molecule has 12 heteroatoms. The lowest BCUT2D eigenvalue weighted by atomic mass is 9.81. The Bertz CT molecular complexity index is 1180. The summed E-state index contributed by atoms with van der Waals surface area (Å²) in [7, 11) is 0. The van der Waals surface area contributed by atoms with Gasteiger partial charge in [-0.1, -0.05) is 30.3 Å². The van der Waals surface area contributed by atoms with E-state index in [9.17, 15) is 35.5 Å². The van der Waals surface area contributed by atoms with Crippen LogP contribution in [-0.2, 0) is 18.1 Å². The summed E-state index contributed by atoms with van der Waals surface area (Å²) in [5, 5.41) is 3.94. The third kappa shape index (κ3) is 6.67. The van der Waals surface area contributed by atoms with Crippen molar-refractivity contribution < 1.29 is 35.5 Å². The molecule has 186 valence electrons. The first-order valence-electron chi connectivity index (χ1n) is 10.1. The smallest absolute Gasteiger partial charge is 0.329 e. The Morgan fingerprint density at radius 3 is 2.20 bits per heavy atom. The summed E-state index contributed by atoms with van der Waals surface area (Å²) in [6, 6.07) is 9.85. The van der Waals surface area contributed by atoms with Crippen LogP contribution in [0.25, 0.3) is 0 Å². The molecule has 0 aliphatic carbocycles. The van der Waals surface area contributed by atoms with Gasteiger partial charge in [0.15, 0.2) is 5.82 Å². The minimum atomic E-state index is -4.94. The summed E-state index contributed by atoms with van der Waals surface area (Å²) in [4.78, 5) is 20.9. The first-order chi connectivity index (χ1) is 16.3. The maximum absolute atomic E-state index is 14.4. The van der Waals surface area contributed by atoms with Gasteiger partial charge in [-0.15, -0.1) is 0 Å². The molecule has 5 nitrogen and oxygen atoms in total. The predicted octanol–water partition coefficient (Wildman–Crippen LogP) is 5.29. The highest BCUT2D eigenvalue weighted by Gasteiger charge is 2.42. The molecule has 1 heterocycles. The van der Waals surface area contributed by atoms with Gasteiger partial charge in [-0.05, 0) is 42.3 Å². The highest BCUT2D eigenvalue weighted by atomic mass is 19.4. The molecule has 3 rings (SSSR count). The van der Waals surface area contributed by atoms with Crippen molar-refractivity contribution in [2.45, 2.75) is 31.2 Å². The van der Waals surface area contributed by atoms with E-state index >= 15 is 0 Å². The lowest BCUT2D eigenvalue weighted by Gasteiger charge is -2.35. The SMILES string of the molecule is Cc1ccnc([C@](Cc2ccccc2)(NC(=O)NCC(F)(F)F)c2cc(F)cc(C(F)(F)F)c2)n1. The van der Waals surface area contributed by atoms with Crippen molar-refractivity contribution in [3.8, 4) is 0 Å². The van der Waals surface area contributed by atoms with Crippen molar-refractivity contribution in [2.24, 2.45) is 0 Å². The summed E-state index contributed by atoms with van der Waals surface area (Å²) < 4.78 is 93.1. The number of aryl methyl sites for hydroxylation is 1. The number of nitrogens with zero attached hydrogens (tertiary/aromatic N) is 2. The highest BCUT2D eigenvalue weighted by molar-refractivity contribution is 5.76. The van der Waals surface area contributed by atoms with E-state index in [0.717, 1.165) is 6.07 Å². The van der Waals surface area contributed by atoms with Crippen molar-refractivity contribution in [3.63, 3.8) is 0 Å². The number of nitrogens with one attached hydrogen (secondary N) is 2. The Morgan fingerprint density at radius 2 is 1.60 bits per heavy atom. The maximum atomic E-state index is 14.4. The van der Waals surface area contributed by atoms with Gasteiger partial charge < -0.3 is 10.6 Å². The number of benzene rings is 2. The molecular formula is C23H19F7N4O. The van der Waals surface area contributed by atoms with Crippen molar-refractivity contribution in [1.82, 2.24) is 20.6 Å². The normalized spacial score (nSPS) is 13.7. The zero-order valence-corrected chi connectivity index (χ0v) is 18.1. The van der Waals surface area contributed by atoms with Gasteiger partial charge in [0.25, 0.3) is 0 Å². The van der Waals surface area contributed by atoms with Crippen LogP contribution in [0.4, 0.5) is 35.5 Å². The Labute approximate surface area is 195 Å². The molecule has 3 aromatic rings. The molecule has 0 saturated heterocycles. The Hall–Kier alpha value is -3.70. The van der Waals surface area contributed by atoms with Gasteiger partial charge in [-0.2, -0.15) is 26.3 Å². The monoisotopic (exact) mass is 500 g/mol. The number of alkyl halides is 6. The first kappa shape index (κ1) is 25.9. The highest BCUT2D eigenvalue weighted by Crippen LogP contribution is 2.37. The lowest BCUT2D eigenvalue weighted by molar-refractivity contribution is -0.137. The molecule has 2 N–H and O–H groups in total. The number of aromatic nitrogens is 2. The van der Waals surface area contributed by atoms with Crippen LogP contribution in [0, 0.1) is 12.7 Å². The lowest BCUT2D eigenvalue weighted by Crippen LogP contribution is -2.54. The molecule has 0 aliphatic heterocycles. The van der Waals surface area contributed by atoms with Gasteiger partial charge in [-0.25, -0.2) is 19.2 Å². The van der Waals surface area contributed by atoms with Gasteiger partial charge in [0.2, 0.25) is 0 Å². The molecule has 2 amide bonds. The summed E-state index contributed by atoms with van der Waals surface area (Å²) in [6.45, 7) is -0.152. The average Bonchev–Trinajstić information content (AvgIpc) is 2.76. The second-order valence-corrected chi connectivity index (χ2v) is 7.74. The second-order valence-electron chi connectivity index (χ2n) is 7.74. The summed E-state index contributed by atoms with van der Waals surface area (Å²) in [5.74, 6) is -1.50. The fourth-order valence-corrected chi connectivity index (χ4v) is 3.46. The standard InChI is InChI=1S/C23H19F7N4O/c1-14-7-8-31-19(33-14)21(12-15-5-3-2-4-6-15,34-20(35)32-13-22(25,26)27)16-9-17(23(28,29)30)11-18(24)10-16/h2-11H,12-13H2,1H3,(H2,32,34,35)/t21-/m1/s1. The zero-order chi connectivity index (χ0) is 25.9. The quantitative estimate of drug-likeness (QED) is 0.452. The van der Waals surface area contributed by atoms with E-state index in [-0.39, 0.29) is 18.3 Å². The largest absolute Gasteiger partial charge is 0.416 e. The van der Waals surface area contributed by atoms with Gasteiger partial charge in [0.1, 0.15) is 17.9 Å². The van der Waals surface area contributed by atoms with Crippen LogP contribution in [0.15, 0.2) is 60.8 Å². The molecule has 1 aromatic heterocycles. The first-order valence-corrected chi connectivity index (χ1v) is 10.1. The van der Waals surface area contributed by atoms with Crippen molar-refractivity contribution in [3.05, 3.63) is 94.8 Å². The number of urea groups is 1. The number of halogens is 7. The van der Waals surface area contributed by atoms with Crippen LogP contribution in [0.2, 0.25) is 0 Å². The third-order valence-electron chi connectivity index (χ3n) is 4.98. The van der Waals surface area contributed by atoms with Gasteiger partial charge in [0.05, 0.1) is 5.56 Å². The van der Waals surface area contributed by atoms with E-state index < -0.39 is 47.4 Å². The number of hydrogen-bond donors (Lipinski definition) is 2. The fourth-order valence-electron chi connectivity index (χ4n) is 3.46. The van der Waals surface area contributed by atoms with Gasteiger partial charge >= 0.3 is 18.4 Å². The topological polar surface area (TPSA) is 66.9 Å². The van der Waals surface area contributed by atoms with Crippen LogP contribution in [0.1, 0.15) is 28.2 Å². The number of hydrogen-bond acceptors (Lipinski definition) is 3. The maximum Gasteiger partial charge on any atom is 0.416 e. The summed E-state index contributed by atoms with van der Waals surface area (Å²) >= 11 is 0. The molecule has 0 unspecified atom stereocenters. The molecular weight excluding hydrogens is 481 g/mol. The van der Waals surface area contributed by atoms with Crippen LogP contribution in [0.3, 0.4) is 0 Å². The third-order valence-corrected chi connectivity index (χ3v) is 4.98. The number of carbonyl (C=O) groups is 1. The molecule has 0 saturated carbocycles. The predicted molar refractivity (Wildman–Crippen MR) is 112 cm³/mol. The van der Waals surface area contributed by atoms with E-state index in [2.05, 4.69) is 15.3 Å². The van der Waals surface area contributed by atoms with E-state index in [1.807, 2.05) is 0 Å². The van der Waals surface area contributed by atoms with Crippen LogP contribution >= 0.6 is 0 Å². The fraction of sp³-hybridized carbons (Fsp3) is 0.261. The average molecular weight is 500 g/mol. The summed E-state index contributed by atoms with van der Waals surface area (Å²) in [5.41, 5.74) is -2.99. The van der Waals surface area contributed by atoms with E-state index in [4.69, 9.17) is 0 Å². The van der Waals surface area contributed by atoms with Gasteiger partial charge in [0, 0.05) is 18.3 Å². The molecule has 1 atom stereocenters. The number of carbonyl (C=O) groups excluding carboxylic acids is 1. The van der Waals surface area contributed by atoms with E-state index in [0.29, 0.717) is 17.3 Å². The minimum Gasteiger partial charge on any atom is -0.329 e. The molecule has 2 aromatic carbocycles. The van der Waals surface area contributed by atoms with Crippen LogP contribution in [0.5, 0.6) is 0 Å². The van der Waals surface area contributed by atoms with Crippen LogP contribution < -0.4 is 10.6 Å². The van der Waals surface area contributed by atoms with Crippen molar-refractivity contribution in [1.29, 1.82) is 0 Å². The molecule has 0 spiro atoms. The van der Waals surface area contributed by atoms with Crippen molar-refractivity contribution in [2.75, 3.05) is 6.54 Å². The molecule has 35 heavy (non-hydrogen) atoms. The minimum absolute atomic E-state index is 0.234.